The Morgan fingerprint density at radius 3 is 1.75 bits per heavy atom. The van der Waals surface area contributed by atoms with Gasteiger partial charge in [-0.3, -0.25) is 0 Å². The van der Waals surface area contributed by atoms with E-state index >= 15 is 0 Å². The summed E-state index contributed by atoms with van der Waals surface area (Å²) in [5, 5.41) is 10.2. The van der Waals surface area contributed by atoms with Crippen molar-refractivity contribution in [2.75, 3.05) is 4.90 Å². The van der Waals surface area contributed by atoms with Gasteiger partial charge < -0.3 is 9.47 Å². The van der Waals surface area contributed by atoms with Crippen LogP contribution >= 0.6 is 0 Å². The Balaban J connectivity index is 0.895. The molecule has 0 amide bonds. The Labute approximate surface area is 367 Å². The highest BCUT2D eigenvalue weighted by molar-refractivity contribution is 6.25. The van der Waals surface area contributed by atoms with Crippen molar-refractivity contribution in [1.82, 2.24) is 9.55 Å². The minimum atomic E-state index is 0.0747. The highest BCUT2D eigenvalue weighted by atomic mass is 15.2. The van der Waals surface area contributed by atoms with Crippen LogP contribution in [0.15, 0.2) is 218 Å². The summed E-state index contributed by atoms with van der Waals surface area (Å²) in [5.41, 5.74) is 13.9. The van der Waals surface area contributed by atoms with E-state index in [-0.39, 0.29) is 6.04 Å². The van der Waals surface area contributed by atoms with Gasteiger partial charge in [0.05, 0.1) is 28.5 Å². The summed E-state index contributed by atoms with van der Waals surface area (Å²) < 4.78 is 2.37. The van der Waals surface area contributed by atoms with E-state index < -0.39 is 0 Å². The lowest BCUT2D eigenvalue weighted by molar-refractivity contribution is 0.846. The first-order valence-electron chi connectivity index (χ1n) is 21.9. The second kappa shape index (κ2) is 14.9. The zero-order valence-corrected chi connectivity index (χ0v) is 35.2. The van der Waals surface area contributed by atoms with Gasteiger partial charge in [-0.05, 0) is 135 Å². The van der Waals surface area contributed by atoms with E-state index in [9.17, 15) is 0 Å². The summed E-state index contributed by atoms with van der Waals surface area (Å²) in [7, 11) is 0. The number of hydrogen-bond donors (Lipinski definition) is 0. The summed E-state index contributed by atoms with van der Waals surface area (Å²) in [4.78, 5) is 7.74. The summed E-state index contributed by atoms with van der Waals surface area (Å²) >= 11 is 0. The first kappa shape index (κ1) is 36.8. The number of benzene rings is 9. The molecule has 2 aromatic heterocycles. The topological polar surface area (TPSA) is 21.1 Å². The number of anilines is 2. The average molecular weight is 806 g/mol. The van der Waals surface area contributed by atoms with Crippen LogP contribution in [-0.4, -0.2) is 15.6 Å². The van der Waals surface area contributed by atoms with Gasteiger partial charge in [0.25, 0.3) is 0 Å². The van der Waals surface area contributed by atoms with Crippen LogP contribution in [0.25, 0.3) is 98.9 Å². The quantitative estimate of drug-likeness (QED) is 0.162. The fourth-order valence-corrected chi connectivity index (χ4v) is 9.98. The highest BCUT2D eigenvalue weighted by Crippen LogP contribution is 2.41. The van der Waals surface area contributed by atoms with Crippen LogP contribution in [0.2, 0.25) is 0 Å². The predicted octanol–water partition coefficient (Wildman–Crippen LogP) is 16.1. The molecule has 11 aromatic rings. The fourth-order valence-electron chi connectivity index (χ4n) is 9.98. The predicted molar refractivity (Wildman–Crippen MR) is 268 cm³/mol. The van der Waals surface area contributed by atoms with Gasteiger partial charge in [0.2, 0.25) is 0 Å². The number of allylic oxidation sites excluding steroid dienone is 3. The molecule has 3 heterocycles. The van der Waals surface area contributed by atoms with Crippen molar-refractivity contribution in [3.63, 3.8) is 0 Å². The molecule has 0 bridgehead atoms. The van der Waals surface area contributed by atoms with Gasteiger partial charge in [-0.1, -0.05) is 158 Å². The number of rotatable bonds is 5. The molecule has 1 atom stereocenters. The molecule has 1 aliphatic heterocycles. The van der Waals surface area contributed by atoms with Crippen LogP contribution in [0.4, 0.5) is 11.5 Å². The third-order valence-corrected chi connectivity index (χ3v) is 13.1. The summed E-state index contributed by atoms with van der Waals surface area (Å²) in [6, 6.07) is 73.0. The molecule has 9 aromatic carbocycles. The van der Waals surface area contributed by atoms with Crippen molar-refractivity contribution in [3.05, 3.63) is 224 Å². The van der Waals surface area contributed by atoms with Crippen molar-refractivity contribution < 1.29 is 0 Å². The van der Waals surface area contributed by atoms with Crippen molar-refractivity contribution in [2.24, 2.45) is 0 Å². The van der Waals surface area contributed by atoms with Gasteiger partial charge in [-0.2, -0.15) is 0 Å². The molecule has 63 heavy (non-hydrogen) atoms. The molecule has 0 radical (unpaired) electrons. The average Bonchev–Trinajstić information content (AvgIpc) is 3.68. The van der Waals surface area contributed by atoms with E-state index in [1.165, 1.54) is 93.2 Å². The lowest BCUT2D eigenvalue weighted by atomic mass is 9.92. The standard InChI is InChI=1S/C60H43N3/c1-39-14-12-15-40(2)62(58-34-31-44(36-53(39)58)45-32-35-59-55(38-45)52-22-10-11-24-57(52)63(59)46-16-4-3-5-17-46)60-25-13-23-56(61-60)42-28-26-41(27-29-42)43-30-33-51-49-20-7-6-18-47(49)48-19-8-9-21-50(48)54(51)37-43/h3-38,40H,1-2H3/b15-12-,39-14+. The zero-order chi connectivity index (χ0) is 42.0. The third-order valence-electron chi connectivity index (χ3n) is 13.1. The lowest BCUT2D eigenvalue weighted by Crippen LogP contribution is -2.28. The van der Waals surface area contributed by atoms with Crippen LogP contribution in [0.5, 0.6) is 0 Å². The van der Waals surface area contributed by atoms with Crippen molar-refractivity contribution in [3.8, 4) is 39.2 Å². The van der Waals surface area contributed by atoms with Crippen LogP contribution in [0, 0.1) is 0 Å². The maximum atomic E-state index is 5.36. The number of fused-ring (bicyclic) bond motifs is 10. The smallest absolute Gasteiger partial charge is 0.134 e. The lowest BCUT2D eigenvalue weighted by Gasteiger charge is -2.32. The molecule has 0 saturated heterocycles. The Hall–Kier alpha value is -8.01. The normalized spacial score (nSPS) is 15.4. The van der Waals surface area contributed by atoms with Gasteiger partial charge >= 0.3 is 0 Å². The van der Waals surface area contributed by atoms with E-state index in [2.05, 4.69) is 242 Å². The van der Waals surface area contributed by atoms with E-state index in [1.807, 2.05) is 0 Å². The van der Waals surface area contributed by atoms with Crippen molar-refractivity contribution in [2.45, 2.75) is 19.9 Å². The number of aromatic nitrogens is 2. The number of para-hydroxylation sites is 2. The van der Waals surface area contributed by atoms with Gasteiger partial charge in [0.1, 0.15) is 5.82 Å². The molecule has 1 aliphatic rings. The Bertz CT molecular complexity index is 3610. The van der Waals surface area contributed by atoms with Crippen LogP contribution < -0.4 is 4.90 Å². The molecule has 12 rings (SSSR count). The van der Waals surface area contributed by atoms with E-state index in [4.69, 9.17) is 4.98 Å². The van der Waals surface area contributed by atoms with Crippen LogP contribution in [0.1, 0.15) is 19.4 Å². The molecule has 0 fully saturated rings. The third kappa shape index (κ3) is 6.15. The maximum Gasteiger partial charge on any atom is 0.134 e. The minimum Gasteiger partial charge on any atom is -0.319 e. The second-order valence-corrected chi connectivity index (χ2v) is 16.8. The van der Waals surface area contributed by atoms with Gasteiger partial charge in [0.15, 0.2) is 0 Å². The van der Waals surface area contributed by atoms with Crippen molar-refractivity contribution in [1.29, 1.82) is 0 Å². The molecule has 298 valence electrons. The molecule has 3 heteroatoms. The zero-order valence-electron chi connectivity index (χ0n) is 35.2. The van der Waals surface area contributed by atoms with Crippen LogP contribution in [0.3, 0.4) is 0 Å². The van der Waals surface area contributed by atoms with E-state index in [0.717, 1.165) is 22.8 Å². The van der Waals surface area contributed by atoms with Gasteiger partial charge in [0, 0.05) is 27.6 Å². The summed E-state index contributed by atoms with van der Waals surface area (Å²) in [5.74, 6) is 0.918. The Morgan fingerprint density at radius 1 is 0.429 bits per heavy atom. The largest absolute Gasteiger partial charge is 0.319 e. The molecule has 0 N–H and O–H groups in total. The molecule has 3 nitrogen and oxygen atoms in total. The maximum absolute atomic E-state index is 5.36. The Morgan fingerprint density at radius 2 is 0.984 bits per heavy atom. The molecule has 0 saturated carbocycles. The van der Waals surface area contributed by atoms with Crippen LogP contribution in [-0.2, 0) is 0 Å². The minimum absolute atomic E-state index is 0.0747. The number of hydrogen-bond acceptors (Lipinski definition) is 2. The monoisotopic (exact) mass is 805 g/mol. The number of nitrogens with zero attached hydrogens (tertiary/aromatic N) is 3. The van der Waals surface area contributed by atoms with E-state index in [0.29, 0.717) is 0 Å². The molecule has 0 spiro atoms. The summed E-state index contributed by atoms with van der Waals surface area (Å²) in [6.45, 7) is 4.46. The SMILES string of the molecule is C/C1=C\C=C/C(C)N(c2cccc(-c3ccc(-c4ccc5c6ccccc6c6ccccc6c5c4)cc3)n2)c2ccc(-c3ccc4c(c3)c3ccccc3n4-c3ccccc3)cc21. The molecule has 1 unspecified atom stereocenters. The summed E-state index contributed by atoms with van der Waals surface area (Å²) in [6.07, 6.45) is 6.68. The van der Waals surface area contributed by atoms with Crippen molar-refractivity contribution >= 4 is 71.2 Å². The first-order valence-corrected chi connectivity index (χ1v) is 21.9. The Kier molecular flexibility index (Phi) is 8.68. The first-order chi connectivity index (χ1) is 31.1. The highest BCUT2D eigenvalue weighted by Gasteiger charge is 2.23. The second-order valence-electron chi connectivity index (χ2n) is 16.8. The number of pyridine rings is 1. The van der Waals surface area contributed by atoms with Gasteiger partial charge in [-0.25, -0.2) is 4.98 Å². The molecular weight excluding hydrogens is 763 g/mol. The molecular formula is C60H43N3. The van der Waals surface area contributed by atoms with E-state index in [1.54, 1.807) is 0 Å². The molecule has 0 aliphatic carbocycles. The fraction of sp³-hybridized carbons (Fsp3) is 0.0500. The van der Waals surface area contributed by atoms with Gasteiger partial charge in [-0.15, -0.1) is 0 Å².